The maximum atomic E-state index is 13.9. The molecule has 0 amide bonds. The van der Waals surface area contributed by atoms with E-state index in [0.29, 0.717) is 12.1 Å². The number of hydrogen-bond donors (Lipinski definition) is 1. The van der Waals surface area contributed by atoms with Crippen LogP contribution in [-0.2, 0) is 19.1 Å². The summed E-state index contributed by atoms with van der Waals surface area (Å²) in [7, 11) is 2.10. The first-order valence-corrected chi connectivity index (χ1v) is 6.00. The van der Waals surface area contributed by atoms with Gasteiger partial charge >= 0.3 is 18.2 Å². The molecule has 0 atom stereocenters. The molecular formula is C13H10F3NO6. The number of nitrogens with one attached hydrogen (secondary N) is 1. The number of alkyl halides is 2. The van der Waals surface area contributed by atoms with Crippen LogP contribution < -0.4 is 14.8 Å². The third-order valence-electron chi connectivity index (χ3n) is 2.63. The summed E-state index contributed by atoms with van der Waals surface area (Å²) in [5, 5.41) is 2.25. The maximum Gasteiger partial charge on any atom is 0.586 e. The van der Waals surface area contributed by atoms with Crippen molar-refractivity contribution in [2.75, 3.05) is 19.5 Å². The van der Waals surface area contributed by atoms with Gasteiger partial charge in [-0.3, -0.25) is 0 Å². The fraction of sp³-hybridized carbons (Fsp3) is 0.231. The standard InChI is InChI=1S/C13H10F3NO6/c1-20-11(18)5-8(12(19)21-2)17-7-4-10-9(3-6(7)14)22-13(15,16)23-10/h3-5,17H,1-2H3/b8-5+. The first kappa shape index (κ1) is 16.5. The van der Waals surface area contributed by atoms with E-state index in [1.165, 1.54) is 0 Å². The largest absolute Gasteiger partial charge is 0.586 e. The van der Waals surface area contributed by atoms with Crippen molar-refractivity contribution in [3.63, 3.8) is 0 Å². The van der Waals surface area contributed by atoms with Crippen molar-refractivity contribution < 1.29 is 41.7 Å². The van der Waals surface area contributed by atoms with Crippen molar-refractivity contribution in [3.8, 4) is 11.5 Å². The van der Waals surface area contributed by atoms with Crippen molar-refractivity contribution >= 4 is 17.6 Å². The number of benzene rings is 1. The van der Waals surface area contributed by atoms with Gasteiger partial charge in [0.15, 0.2) is 17.3 Å². The monoisotopic (exact) mass is 333 g/mol. The minimum Gasteiger partial charge on any atom is -0.466 e. The van der Waals surface area contributed by atoms with Gasteiger partial charge in [0.2, 0.25) is 0 Å². The smallest absolute Gasteiger partial charge is 0.466 e. The van der Waals surface area contributed by atoms with Crippen LogP contribution in [0.15, 0.2) is 23.9 Å². The molecule has 0 aromatic heterocycles. The van der Waals surface area contributed by atoms with Gasteiger partial charge in [-0.25, -0.2) is 14.0 Å². The number of ether oxygens (including phenoxy) is 4. The van der Waals surface area contributed by atoms with Gasteiger partial charge in [0, 0.05) is 12.1 Å². The third-order valence-corrected chi connectivity index (χ3v) is 2.63. The zero-order valence-electron chi connectivity index (χ0n) is 11.8. The molecule has 0 fully saturated rings. The average molecular weight is 333 g/mol. The van der Waals surface area contributed by atoms with Crippen LogP contribution in [0.1, 0.15) is 0 Å². The highest BCUT2D eigenvalue weighted by Gasteiger charge is 2.44. The summed E-state index contributed by atoms with van der Waals surface area (Å²) in [4.78, 5) is 22.8. The molecule has 7 nitrogen and oxygen atoms in total. The Labute approximate surface area is 127 Å². The number of esters is 2. The molecule has 2 rings (SSSR count). The number of anilines is 1. The molecule has 0 aliphatic carbocycles. The molecule has 1 aliphatic rings. The van der Waals surface area contributed by atoms with Crippen LogP contribution in [0.2, 0.25) is 0 Å². The fourth-order valence-electron chi connectivity index (χ4n) is 1.65. The van der Waals surface area contributed by atoms with Gasteiger partial charge in [-0.05, 0) is 0 Å². The van der Waals surface area contributed by atoms with E-state index < -0.39 is 46.9 Å². The van der Waals surface area contributed by atoms with Gasteiger partial charge in [-0.2, -0.15) is 0 Å². The molecule has 0 radical (unpaired) electrons. The predicted molar refractivity (Wildman–Crippen MR) is 68.3 cm³/mol. The molecule has 0 spiro atoms. The number of hydrogen-bond acceptors (Lipinski definition) is 7. The highest BCUT2D eigenvalue weighted by Crippen LogP contribution is 2.43. The van der Waals surface area contributed by atoms with Gasteiger partial charge < -0.3 is 24.3 Å². The van der Waals surface area contributed by atoms with Gasteiger partial charge in [0.05, 0.1) is 26.0 Å². The number of carbonyl (C=O) groups excluding carboxylic acids is 2. The summed E-state index contributed by atoms with van der Waals surface area (Å²) in [6, 6.07) is 1.49. The Morgan fingerprint density at radius 3 is 2.35 bits per heavy atom. The molecule has 0 saturated carbocycles. The minimum atomic E-state index is -3.92. The predicted octanol–water partition coefficient (Wildman–Crippen LogP) is 1.79. The van der Waals surface area contributed by atoms with E-state index in [2.05, 4.69) is 24.3 Å². The van der Waals surface area contributed by atoms with Crippen molar-refractivity contribution in [1.29, 1.82) is 0 Å². The van der Waals surface area contributed by atoms with E-state index in [4.69, 9.17) is 0 Å². The second-order valence-electron chi connectivity index (χ2n) is 4.14. The Morgan fingerprint density at radius 1 is 1.17 bits per heavy atom. The lowest BCUT2D eigenvalue weighted by Crippen LogP contribution is -2.25. The van der Waals surface area contributed by atoms with Crippen LogP contribution in [0.5, 0.6) is 11.5 Å². The second kappa shape index (κ2) is 6.07. The summed E-state index contributed by atoms with van der Waals surface area (Å²) in [5.74, 6) is -3.89. The fourth-order valence-corrected chi connectivity index (χ4v) is 1.65. The summed E-state index contributed by atoms with van der Waals surface area (Å²) < 4.78 is 56.8. The Kier molecular flexibility index (Phi) is 4.34. The van der Waals surface area contributed by atoms with Gasteiger partial charge in [0.25, 0.3) is 0 Å². The summed E-state index contributed by atoms with van der Waals surface area (Å²) in [6.45, 7) is 0. The Hall–Kier alpha value is -2.91. The molecule has 0 bridgehead atoms. The van der Waals surface area contributed by atoms with Crippen molar-refractivity contribution in [3.05, 3.63) is 29.7 Å². The average Bonchev–Trinajstić information content (AvgIpc) is 2.78. The number of carbonyl (C=O) groups is 2. The molecule has 0 saturated heterocycles. The minimum absolute atomic E-state index is 0.411. The van der Waals surface area contributed by atoms with E-state index in [1.807, 2.05) is 0 Å². The molecule has 10 heteroatoms. The Morgan fingerprint density at radius 2 is 1.78 bits per heavy atom. The van der Waals surface area contributed by atoms with Gasteiger partial charge in [-0.1, -0.05) is 0 Å². The summed E-state index contributed by atoms with van der Waals surface area (Å²) in [6.07, 6.45) is -3.20. The topological polar surface area (TPSA) is 83.1 Å². The molecule has 1 N–H and O–H groups in total. The van der Waals surface area contributed by atoms with Crippen molar-refractivity contribution in [2.45, 2.75) is 6.29 Å². The van der Waals surface area contributed by atoms with Gasteiger partial charge in [0.1, 0.15) is 5.70 Å². The zero-order chi connectivity index (χ0) is 17.2. The third kappa shape index (κ3) is 3.65. The van der Waals surface area contributed by atoms with Crippen LogP contribution in [-0.4, -0.2) is 32.5 Å². The first-order chi connectivity index (χ1) is 10.8. The SMILES string of the molecule is COC(=O)/C=C(/Nc1cc2c(cc1F)OC(F)(F)O2)C(=O)OC. The lowest BCUT2D eigenvalue weighted by atomic mass is 10.2. The Balaban J connectivity index is 2.33. The van der Waals surface area contributed by atoms with E-state index in [9.17, 15) is 22.8 Å². The molecule has 1 aliphatic heterocycles. The quantitative estimate of drug-likeness (QED) is 0.664. The van der Waals surface area contributed by atoms with Crippen molar-refractivity contribution in [1.82, 2.24) is 0 Å². The lowest BCUT2D eigenvalue weighted by molar-refractivity contribution is -0.286. The van der Waals surface area contributed by atoms with Gasteiger partial charge in [-0.15, -0.1) is 8.78 Å². The molecular weight excluding hydrogens is 323 g/mol. The van der Waals surface area contributed by atoms with E-state index in [1.54, 1.807) is 0 Å². The number of fused-ring (bicyclic) bond motifs is 1. The molecule has 124 valence electrons. The Bertz CT molecular complexity index is 689. The number of methoxy groups -OCH3 is 2. The van der Waals surface area contributed by atoms with Crippen LogP contribution in [0, 0.1) is 5.82 Å². The van der Waals surface area contributed by atoms with E-state index in [-0.39, 0.29) is 0 Å². The maximum absolute atomic E-state index is 13.9. The number of rotatable bonds is 4. The van der Waals surface area contributed by atoms with E-state index >= 15 is 0 Å². The van der Waals surface area contributed by atoms with Crippen LogP contribution >= 0.6 is 0 Å². The summed E-state index contributed by atoms with van der Waals surface area (Å²) in [5.41, 5.74) is -0.880. The zero-order valence-corrected chi connectivity index (χ0v) is 11.8. The van der Waals surface area contributed by atoms with Crippen LogP contribution in [0.25, 0.3) is 0 Å². The number of halogens is 3. The molecule has 0 unspecified atom stereocenters. The molecule has 23 heavy (non-hydrogen) atoms. The van der Waals surface area contributed by atoms with E-state index in [0.717, 1.165) is 20.3 Å². The molecule has 1 aromatic carbocycles. The van der Waals surface area contributed by atoms with Crippen LogP contribution in [0.3, 0.4) is 0 Å². The molecule has 1 heterocycles. The molecule has 1 aromatic rings. The summed E-state index contributed by atoms with van der Waals surface area (Å²) >= 11 is 0. The van der Waals surface area contributed by atoms with Crippen molar-refractivity contribution in [2.24, 2.45) is 0 Å². The van der Waals surface area contributed by atoms with Crippen LogP contribution in [0.4, 0.5) is 18.9 Å². The highest BCUT2D eigenvalue weighted by atomic mass is 19.3. The normalized spacial score (nSPS) is 15.1. The lowest BCUT2D eigenvalue weighted by Gasteiger charge is -2.10. The second-order valence-corrected chi connectivity index (χ2v) is 4.14. The first-order valence-electron chi connectivity index (χ1n) is 6.00. The highest BCUT2D eigenvalue weighted by molar-refractivity contribution is 5.98.